The topological polar surface area (TPSA) is 46.3 Å². The van der Waals surface area contributed by atoms with Gasteiger partial charge in [0.1, 0.15) is 5.54 Å². The number of benzene rings is 1. The zero-order valence-electron chi connectivity index (χ0n) is 11.1. The normalized spacial score (nSPS) is 13.7. The lowest BCUT2D eigenvalue weighted by atomic mass is 9.91. The second-order valence-electron chi connectivity index (χ2n) is 4.72. The van der Waals surface area contributed by atoms with E-state index < -0.39 is 5.54 Å². The fourth-order valence-corrected chi connectivity index (χ4v) is 1.78. The van der Waals surface area contributed by atoms with Crippen LogP contribution in [-0.2, 0) is 10.3 Å². The highest BCUT2D eigenvalue weighted by Crippen LogP contribution is 2.22. The predicted octanol–water partition coefficient (Wildman–Crippen LogP) is 2.91. The van der Waals surface area contributed by atoms with E-state index in [-0.39, 0.29) is 24.4 Å². The first-order valence-electron chi connectivity index (χ1n) is 5.59. The lowest BCUT2D eigenvalue weighted by molar-refractivity contribution is -0.136. The van der Waals surface area contributed by atoms with E-state index in [1.165, 1.54) is 0 Å². The molecule has 18 heavy (non-hydrogen) atoms. The zero-order valence-corrected chi connectivity index (χ0v) is 13.5. The van der Waals surface area contributed by atoms with Crippen molar-refractivity contribution in [3.8, 4) is 0 Å². The van der Waals surface area contributed by atoms with E-state index in [1.54, 1.807) is 18.9 Å². The standard InChI is InChI=1S/C13H19BrN2O.ClH/c1-9(2)16(4)12(17)13(3,15)10-5-7-11(14)8-6-10;/h5-9H,15H2,1-4H3;1H. The molecule has 0 saturated carbocycles. The van der Waals surface area contributed by atoms with Crippen molar-refractivity contribution >= 4 is 34.2 Å². The monoisotopic (exact) mass is 334 g/mol. The molecule has 1 amide bonds. The number of hydrogen-bond acceptors (Lipinski definition) is 2. The molecular formula is C13H20BrClN2O. The van der Waals surface area contributed by atoms with Crippen LogP contribution in [0.5, 0.6) is 0 Å². The van der Waals surface area contributed by atoms with Crippen LogP contribution in [0.2, 0.25) is 0 Å². The summed E-state index contributed by atoms with van der Waals surface area (Å²) in [5.41, 5.74) is 6.00. The van der Waals surface area contributed by atoms with Crippen LogP contribution in [0.1, 0.15) is 26.3 Å². The Labute approximate surface area is 123 Å². The van der Waals surface area contributed by atoms with Crippen LogP contribution in [0.4, 0.5) is 0 Å². The first kappa shape index (κ1) is 17.4. The molecule has 1 aromatic carbocycles. The lowest BCUT2D eigenvalue weighted by Crippen LogP contribution is -2.51. The van der Waals surface area contributed by atoms with Crippen LogP contribution in [0, 0.1) is 0 Å². The zero-order chi connectivity index (χ0) is 13.2. The van der Waals surface area contributed by atoms with Crippen molar-refractivity contribution in [1.82, 2.24) is 4.90 Å². The van der Waals surface area contributed by atoms with Crippen molar-refractivity contribution in [2.75, 3.05) is 7.05 Å². The van der Waals surface area contributed by atoms with Crippen molar-refractivity contribution in [2.24, 2.45) is 5.73 Å². The molecule has 0 saturated heterocycles. The summed E-state index contributed by atoms with van der Waals surface area (Å²) in [6.07, 6.45) is 0. The van der Waals surface area contributed by atoms with Gasteiger partial charge in [-0.05, 0) is 38.5 Å². The Hall–Kier alpha value is -0.580. The summed E-state index contributed by atoms with van der Waals surface area (Å²) in [7, 11) is 1.77. The maximum atomic E-state index is 12.3. The molecule has 2 N–H and O–H groups in total. The van der Waals surface area contributed by atoms with Gasteiger partial charge in [-0.1, -0.05) is 28.1 Å². The maximum absolute atomic E-state index is 12.3. The minimum Gasteiger partial charge on any atom is -0.341 e. The Morgan fingerprint density at radius 2 is 1.78 bits per heavy atom. The Balaban J connectivity index is 0.00000289. The first-order chi connectivity index (χ1) is 7.76. The van der Waals surface area contributed by atoms with Crippen LogP contribution in [0.15, 0.2) is 28.7 Å². The van der Waals surface area contributed by atoms with Gasteiger partial charge in [0.05, 0.1) is 0 Å². The Bertz CT molecular complexity index is 404. The molecule has 0 fully saturated rings. The number of rotatable bonds is 3. The molecule has 5 heteroatoms. The summed E-state index contributed by atoms with van der Waals surface area (Å²) in [5, 5.41) is 0. The summed E-state index contributed by atoms with van der Waals surface area (Å²) >= 11 is 3.37. The second-order valence-corrected chi connectivity index (χ2v) is 5.63. The molecule has 0 radical (unpaired) electrons. The first-order valence-corrected chi connectivity index (χ1v) is 6.38. The molecule has 0 aliphatic carbocycles. The predicted molar refractivity (Wildman–Crippen MR) is 80.8 cm³/mol. The fourth-order valence-electron chi connectivity index (χ4n) is 1.52. The third kappa shape index (κ3) is 3.70. The summed E-state index contributed by atoms with van der Waals surface area (Å²) in [6, 6.07) is 7.67. The van der Waals surface area contributed by atoms with Gasteiger partial charge in [0.15, 0.2) is 0 Å². The smallest absolute Gasteiger partial charge is 0.246 e. The minimum atomic E-state index is -0.986. The SMILES string of the molecule is CC(C)N(C)C(=O)C(C)(N)c1ccc(Br)cc1.Cl. The quantitative estimate of drug-likeness (QED) is 0.923. The molecule has 3 nitrogen and oxygen atoms in total. The van der Waals surface area contributed by atoms with Crippen LogP contribution in [-0.4, -0.2) is 23.9 Å². The van der Waals surface area contributed by atoms with Crippen LogP contribution >= 0.6 is 28.3 Å². The average Bonchev–Trinajstić information content (AvgIpc) is 2.27. The van der Waals surface area contributed by atoms with Crippen LogP contribution < -0.4 is 5.73 Å². The van der Waals surface area contributed by atoms with E-state index in [2.05, 4.69) is 15.9 Å². The fraction of sp³-hybridized carbons (Fsp3) is 0.462. The number of hydrogen-bond donors (Lipinski definition) is 1. The molecule has 1 rings (SSSR count). The van der Waals surface area contributed by atoms with Gasteiger partial charge in [0.25, 0.3) is 0 Å². The number of carbonyl (C=O) groups excluding carboxylic acids is 1. The molecule has 0 spiro atoms. The molecular weight excluding hydrogens is 316 g/mol. The van der Waals surface area contributed by atoms with E-state index in [0.717, 1.165) is 10.0 Å². The third-order valence-electron chi connectivity index (χ3n) is 2.98. The van der Waals surface area contributed by atoms with Gasteiger partial charge in [-0.25, -0.2) is 0 Å². The summed E-state index contributed by atoms with van der Waals surface area (Å²) < 4.78 is 0.974. The van der Waals surface area contributed by atoms with Crippen molar-refractivity contribution in [3.63, 3.8) is 0 Å². The highest BCUT2D eigenvalue weighted by atomic mass is 79.9. The van der Waals surface area contributed by atoms with Gasteiger partial charge in [-0.15, -0.1) is 12.4 Å². The Kier molecular flexibility index (Phi) is 6.34. The van der Waals surface area contributed by atoms with E-state index in [0.29, 0.717) is 0 Å². The largest absolute Gasteiger partial charge is 0.341 e. The molecule has 0 aliphatic rings. The van der Waals surface area contributed by atoms with Crippen LogP contribution in [0.25, 0.3) is 0 Å². The number of likely N-dealkylation sites (N-methyl/N-ethyl adjacent to an activating group) is 1. The van der Waals surface area contributed by atoms with Gasteiger partial charge in [-0.2, -0.15) is 0 Å². The van der Waals surface area contributed by atoms with Crippen LogP contribution in [0.3, 0.4) is 0 Å². The van der Waals surface area contributed by atoms with Gasteiger partial charge < -0.3 is 10.6 Å². The Morgan fingerprint density at radius 3 is 2.17 bits per heavy atom. The molecule has 0 bridgehead atoms. The molecule has 0 aromatic heterocycles. The number of amides is 1. The summed E-state index contributed by atoms with van der Waals surface area (Å²) in [5.74, 6) is -0.0742. The van der Waals surface area contributed by atoms with Crippen molar-refractivity contribution in [2.45, 2.75) is 32.4 Å². The van der Waals surface area contributed by atoms with E-state index in [1.807, 2.05) is 38.1 Å². The Morgan fingerprint density at radius 1 is 1.33 bits per heavy atom. The number of nitrogens with zero attached hydrogens (tertiary/aromatic N) is 1. The van der Waals surface area contributed by atoms with Gasteiger partial charge in [0, 0.05) is 17.6 Å². The molecule has 1 unspecified atom stereocenters. The average molecular weight is 336 g/mol. The lowest BCUT2D eigenvalue weighted by Gasteiger charge is -2.32. The molecule has 1 atom stereocenters. The van der Waals surface area contributed by atoms with E-state index in [9.17, 15) is 4.79 Å². The van der Waals surface area contributed by atoms with Gasteiger partial charge in [-0.3, -0.25) is 4.79 Å². The van der Waals surface area contributed by atoms with Crippen molar-refractivity contribution < 1.29 is 4.79 Å². The van der Waals surface area contributed by atoms with Crippen molar-refractivity contribution in [3.05, 3.63) is 34.3 Å². The molecule has 0 aliphatic heterocycles. The summed E-state index contributed by atoms with van der Waals surface area (Å²) in [6.45, 7) is 5.68. The highest BCUT2D eigenvalue weighted by Gasteiger charge is 2.33. The maximum Gasteiger partial charge on any atom is 0.246 e. The van der Waals surface area contributed by atoms with E-state index in [4.69, 9.17) is 5.73 Å². The highest BCUT2D eigenvalue weighted by molar-refractivity contribution is 9.10. The number of nitrogens with two attached hydrogens (primary N) is 1. The number of carbonyl (C=O) groups is 1. The third-order valence-corrected chi connectivity index (χ3v) is 3.51. The minimum absolute atomic E-state index is 0. The number of halogens is 2. The molecule has 0 heterocycles. The van der Waals surface area contributed by atoms with Crippen molar-refractivity contribution in [1.29, 1.82) is 0 Å². The summed E-state index contributed by atoms with van der Waals surface area (Å²) in [4.78, 5) is 13.9. The molecule has 102 valence electrons. The van der Waals surface area contributed by atoms with Gasteiger partial charge >= 0.3 is 0 Å². The van der Waals surface area contributed by atoms with Gasteiger partial charge in [0.2, 0.25) is 5.91 Å². The molecule has 1 aromatic rings. The second kappa shape index (κ2) is 6.55. The van der Waals surface area contributed by atoms with E-state index >= 15 is 0 Å².